The quantitative estimate of drug-likeness (QED) is 0.870. The number of nitrogens with zero attached hydrogens (tertiary/aromatic N) is 2. The van der Waals surface area contributed by atoms with Gasteiger partial charge in [-0.05, 0) is 19.3 Å². The largest absolute Gasteiger partial charge is 0.384 e. The van der Waals surface area contributed by atoms with Crippen LogP contribution in [-0.2, 0) is 6.42 Å². The molecule has 1 heterocycles. The molecule has 3 heteroatoms. The van der Waals surface area contributed by atoms with Gasteiger partial charge in [-0.1, -0.05) is 34.6 Å². The average molecular weight is 237 g/mol. The van der Waals surface area contributed by atoms with Crippen molar-refractivity contribution in [1.82, 2.24) is 9.55 Å². The van der Waals surface area contributed by atoms with Crippen molar-refractivity contribution in [2.24, 2.45) is 5.41 Å². The highest BCUT2D eigenvalue weighted by Gasteiger charge is 2.28. The standard InChI is InChI=1S/C14H27N3/c1-8-11-16-12(10(4)14(5,6)7)13(15)17(11)9(2)3/h9-10H,8,15H2,1-7H3. The topological polar surface area (TPSA) is 43.8 Å². The maximum atomic E-state index is 6.28. The molecule has 98 valence electrons. The Hall–Kier alpha value is -0.990. The highest BCUT2D eigenvalue weighted by Crippen LogP contribution is 2.37. The predicted molar refractivity (Wildman–Crippen MR) is 74.3 cm³/mol. The molecule has 17 heavy (non-hydrogen) atoms. The smallest absolute Gasteiger partial charge is 0.127 e. The van der Waals surface area contributed by atoms with Gasteiger partial charge in [0.1, 0.15) is 11.6 Å². The fourth-order valence-corrected chi connectivity index (χ4v) is 2.07. The minimum absolute atomic E-state index is 0.190. The Morgan fingerprint density at radius 1 is 1.24 bits per heavy atom. The third kappa shape index (κ3) is 2.64. The second kappa shape index (κ2) is 4.71. The van der Waals surface area contributed by atoms with Crippen molar-refractivity contribution in [3.05, 3.63) is 11.5 Å². The minimum atomic E-state index is 0.190. The second-order valence-corrected chi connectivity index (χ2v) is 6.20. The lowest BCUT2D eigenvalue weighted by Gasteiger charge is -2.26. The Morgan fingerprint density at radius 3 is 2.06 bits per heavy atom. The lowest BCUT2D eigenvalue weighted by atomic mass is 9.80. The molecule has 1 aromatic heterocycles. The maximum Gasteiger partial charge on any atom is 0.127 e. The summed E-state index contributed by atoms with van der Waals surface area (Å²) in [6, 6.07) is 0.373. The number of anilines is 1. The molecule has 0 aliphatic heterocycles. The number of hydrogen-bond donors (Lipinski definition) is 1. The van der Waals surface area contributed by atoms with Crippen LogP contribution >= 0.6 is 0 Å². The van der Waals surface area contributed by atoms with Crippen LogP contribution in [0.5, 0.6) is 0 Å². The molecule has 1 atom stereocenters. The second-order valence-electron chi connectivity index (χ2n) is 6.20. The Bertz CT molecular complexity index is 383. The predicted octanol–water partition coefficient (Wildman–Crippen LogP) is 3.76. The molecule has 0 aliphatic carbocycles. The zero-order valence-electron chi connectivity index (χ0n) is 12.3. The summed E-state index contributed by atoms with van der Waals surface area (Å²) < 4.78 is 2.16. The molecule has 0 aromatic carbocycles. The molecule has 1 aromatic rings. The van der Waals surface area contributed by atoms with Crippen LogP contribution in [0.15, 0.2) is 0 Å². The molecule has 1 unspecified atom stereocenters. The molecule has 0 spiro atoms. The van der Waals surface area contributed by atoms with E-state index in [9.17, 15) is 0 Å². The number of aryl methyl sites for hydroxylation is 1. The van der Waals surface area contributed by atoms with Crippen LogP contribution in [0.3, 0.4) is 0 Å². The van der Waals surface area contributed by atoms with Gasteiger partial charge >= 0.3 is 0 Å². The van der Waals surface area contributed by atoms with Crippen molar-refractivity contribution in [2.75, 3.05) is 5.73 Å². The zero-order valence-corrected chi connectivity index (χ0v) is 12.3. The highest BCUT2D eigenvalue weighted by molar-refractivity contribution is 5.41. The van der Waals surface area contributed by atoms with E-state index in [1.807, 2.05) is 0 Å². The molecular formula is C14H27N3. The first-order valence-electron chi connectivity index (χ1n) is 6.56. The Balaban J connectivity index is 3.28. The summed E-state index contributed by atoms with van der Waals surface area (Å²) in [5, 5.41) is 0. The third-order valence-corrected chi connectivity index (χ3v) is 3.59. The maximum absolute atomic E-state index is 6.28. The van der Waals surface area contributed by atoms with Crippen LogP contribution in [0.4, 0.5) is 5.82 Å². The van der Waals surface area contributed by atoms with Crippen LogP contribution in [-0.4, -0.2) is 9.55 Å². The molecule has 0 fully saturated rings. The van der Waals surface area contributed by atoms with Crippen molar-refractivity contribution >= 4 is 5.82 Å². The van der Waals surface area contributed by atoms with E-state index in [0.29, 0.717) is 12.0 Å². The summed E-state index contributed by atoms with van der Waals surface area (Å²) in [5.74, 6) is 2.32. The van der Waals surface area contributed by atoms with Crippen LogP contribution in [0.2, 0.25) is 0 Å². The van der Waals surface area contributed by atoms with Gasteiger partial charge in [0.2, 0.25) is 0 Å². The van der Waals surface area contributed by atoms with Gasteiger partial charge in [0, 0.05) is 18.4 Å². The fourth-order valence-electron chi connectivity index (χ4n) is 2.07. The molecule has 3 nitrogen and oxygen atoms in total. The number of rotatable bonds is 3. The summed E-state index contributed by atoms with van der Waals surface area (Å²) in [7, 11) is 0. The van der Waals surface area contributed by atoms with Gasteiger partial charge in [-0.25, -0.2) is 4.98 Å². The number of nitrogens with two attached hydrogens (primary N) is 1. The number of imidazole rings is 1. The van der Waals surface area contributed by atoms with Gasteiger partial charge in [-0.2, -0.15) is 0 Å². The fraction of sp³-hybridized carbons (Fsp3) is 0.786. The van der Waals surface area contributed by atoms with E-state index in [1.165, 1.54) is 0 Å². The van der Waals surface area contributed by atoms with Crippen molar-refractivity contribution in [2.45, 2.75) is 66.8 Å². The zero-order chi connectivity index (χ0) is 13.4. The van der Waals surface area contributed by atoms with Gasteiger partial charge in [0.05, 0.1) is 5.69 Å². The van der Waals surface area contributed by atoms with Gasteiger partial charge in [0.15, 0.2) is 0 Å². The molecule has 0 saturated carbocycles. The molecule has 0 radical (unpaired) electrons. The van der Waals surface area contributed by atoms with E-state index in [-0.39, 0.29) is 5.41 Å². The van der Waals surface area contributed by atoms with Crippen LogP contribution in [0, 0.1) is 5.41 Å². The van der Waals surface area contributed by atoms with Crippen molar-refractivity contribution in [3.8, 4) is 0 Å². The normalized spacial score (nSPS) is 14.4. The molecule has 1 rings (SSSR count). The van der Waals surface area contributed by atoms with Gasteiger partial charge in [-0.3, -0.25) is 0 Å². The van der Waals surface area contributed by atoms with Crippen molar-refractivity contribution < 1.29 is 0 Å². The summed E-state index contributed by atoms with van der Waals surface area (Å²) in [6.07, 6.45) is 0.930. The Morgan fingerprint density at radius 2 is 1.76 bits per heavy atom. The lowest BCUT2D eigenvalue weighted by molar-refractivity contribution is 0.335. The van der Waals surface area contributed by atoms with Gasteiger partial charge in [-0.15, -0.1) is 0 Å². The number of hydrogen-bond acceptors (Lipinski definition) is 2. The summed E-state index contributed by atoms with van der Waals surface area (Å²) in [6.45, 7) is 15.4. The van der Waals surface area contributed by atoms with Crippen molar-refractivity contribution in [3.63, 3.8) is 0 Å². The summed E-state index contributed by atoms with van der Waals surface area (Å²) >= 11 is 0. The van der Waals surface area contributed by atoms with Crippen LogP contribution < -0.4 is 5.73 Å². The third-order valence-electron chi connectivity index (χ3n) is 3.59. The van der Waals surface area contributed by atoms with E-state index < -0.39 is 0 Å². The lowest BCUT2D eigenvalue weighted by Crippen LogP contribution is -2.17. The molecule has 0 aliphatic rings. The molecule has 2 N–H and O–H groups in total. The van der Waals surface area contributed by atoms with Crippen molar-refractivity contribution in [1.29, 1.82) is 0 Å². The van der Waals surface area contributed by atoms with E-state index in [0.717, 1.165) is 23.8 Å². The summed E-state index contributed by atoms with van der Waals surface area (Å²) in [4.78, 5) is 4.75. The molecular weight excluding hydrogens is 210 g/mol. The number of aromatic nitrogens is 2. The van der Waals surface area contributed by atoms with Crippen LogP contribution in [0.25, 0.3) is 0 Å². The Labute approximate surface area is 105 Å². The average Bonchev–Trinajstić information content (AvgIpc) is 2.52. The van der Waals surface area contributed by atoms with Gasteiger partial charge < -0.3 is 10.3 Å². The van der Waals surface area contributed by atoms with E-state index in [4.69, 9.17) is 10.7 Å². The minimum Gasteiger partial charge on any atom is -0.384 e. The molecule has 0 amide bonds. The molecule has 0 saturated heterocycles. The summed E-state index contributed by atoms with van der Waals surface area (Å²) in [5.41, 5.74) is 7.53. The first-order chi connectivity index (χ1) is 7.70. The first kappa shape index (κ1) is 14.1. The Kier molecular flexibility index (Phi) is 3.90. The number of nitrogen functional groups attached to an aromatic ring is 1. The van der Waals surface area contributed by atoms with E-state index >= 15 is 0 Å². The van der Waals surface area contributed by atoms with Crippen LogP contribution in [0.1, 0.15) is 71.9 Å². The highest BCUT2D eigenvalue weighted by atomic mass is 15.2. The molecule has 0 bridgehead atoms. The SMILES string of the molecule is CCc1nc(C(C)C(C)(C)C)c(N)n1C(C)C. The first-order valence-corrected chi connectivity index (χ1v) is 6.56. The van der Waals surface area contributed by atoms with Gasteiger partial charge in [0.25, 0.3) is 0 Å². The monoisotopic (exact) mass is 237 g/mol. The van der Waals surface area contributed by atoms with E-state index in [2.05, 4.69) is 53.0 Å². The van der Waals surface area contributed by atoms with E-state index in [1.54, 1.807) is 0 Å².